The monoisotopic (exact) mass is 1490 g/mol. The Balaban J connectivity index is 0.000000215. The number of rotatable bonds is 23. The second-order valence-electron chi connectivity index (χ2n) is 20.9. The number of aromatic nitrogens is 3. The molecule has 0 fully saturated rings. The summed E-state index contributed by atoms with van der Waals surface area (Å²) in [6.45, 7) is 7.75. The van der Waals surface area contributed by atoms with Gasteiger partial charge in [-0.15, -0.1) is 0 Å². The lowest BCUT2D eigenvalue weighted by Gasteiger charge is -2.26. The molecule has 2 aliphatic rings. The molecule has 0 radical (unpaired) electrons. The van der Waals surface area contributed by atoms with Crippen LogP contribution in [0.5, 0.6) is 5.75 Å². The Morgan fingerprint density at radius 1 is 0.648 bits per heavy atom. The molecule has 2 aromatic heterocycles. The first-order valence-electron chi connectivity index (χ1n) is 28.5. The third kappa shape index (κ3) is 15.8. The fraction of sp³-hybridized carbons (Fsp3) is 0.281. The number of oxazole rings is 1. The molecule has 10 rings (SSSR count). The van der Waals surface area contributed by atoms with Gasteiger partial charge >= 0.3 is 5.89 Å². The summed E-state index contributed by atoms with van der Waals surface area (Å²) in [7, 11) is -8.80. The number of aliphatic hydroxyl groups excluding tert-OH is 4. The molecule has 0 aliphatic carbocycles. The SMILES string of the molecule is CCC(/C=C1\Oc2ccc(-c3ccccc3)cc2N1CCCS(=O)(=O)[O-])=C\c1oc2cc(-c3ccccc3)ccc2[n+]1CCCS(=O)(=O)[O-].CCN1/C(=C\C=C\c2n(CC)c3cc(Br)c(Br)cc3[n+]2CC(O)CO)N(CC(O)CO)c2cc(Br)c(Br)cc21. The number of β-amino-alcohol motifs (C(OH)–C–C–N with tert-alkyl or cyclic N) is 1. The van der Waals surface area contributed by atoms with Crippen molar-refractivity contribution in [2.45, 2.75) is 71.9 Å². The molecule has 24 heteroatoms. The summed E-state index contributed by atoms with van der Waals surface area (Å²) in [5, 5.41) is 39.8. The van der Waals surface area contributed by atoms with Crippen molar-refractivity contribution in [2.24, 2.45) is 0 Å². The van der Waals surface area contributed by atoms with E-state index in [1.54, 1.807) is 0 Å². The van der Waals surface area contributed by atoms with Crippen LogP contribution in [0.4, 0.5) is 17.1 Å². The van der Waals surface area contributed by atoms with Gasteiger partial charge in [-0.25, -0.2) is 26.0 Å². The van der Waals surface area contributed by atoms with Gasteiger partial charge in [-0.3, -0.25) is 0 Å². The standard InChI is InChI=1S/C37H36N2O8S2.C27H31Br4N4O4/c1-2-27(23-36-38(19-9-21-48(40,41)42)32-17-15-31(26-35(32)47-36)29-13-7-4-8-14-29)24-37-39(20-10-22-49(43,44)45)33-25-30(16-18-34(33)46-37)28-11-5-3-6-12-28;1-3-32-22-8-18(28)20(30)10-24(22)34(12-16(38)14-36)26(32)6-5-7-27-33(4-2)23-9-19(29)21(31)11-25(23)35(27)13-17(39)15-37/h3-8,11-18,23-26H,2,9-10,19-22H2,1H3,(H-,40,41,42,43,44,45);5-11,16-17,36-39H,3-4,12-15H2,1-2H3/q;+1/p-1. The van der Waals surface area contributed by atoms with Crippen LogP contribution in [0.1, 0.15) is 51.7 Å². The highest BCUT2D eigenvalue weighted by atomic mass is 79.9. The van der Waals surface area contributed by atoms with Crippen LogP contribution in [-0.4, -0.2) is 107 Å². The number of imidazole rings is 1. The Labute approximate surface area is 545 Å². The van der Waals surface area contributed by atoms with Crippen molar-refractivity contribution < 1.29 is 64.7 Å². The van der Waals surface area contributed by atoms with E-state index in [9.17, 15) is 46.4 Å². The Morgan fingerprint density at radius 2 is 1.25 bits per heavy atom. The average Bonchev–Trinajstić information content (AvgIpc) is 2.22. The van der Waals surface area contributed by atoms with Gasteiger partial charge in [0.2, 0.25) is 11.5 Å². The van der Waals surface area contributed by atoms with Gasteiger partial charge in [0.05, 0.1) is 75.8 Å². The minimum atomic E-state index is -4.41. The summed E-state index contributed by atoms with van der Waals surface area (Å²) >= 11 is 14.4. The first kappa shape index (κ1) is 66.4. The van der Waals surface area contributed by atoms with Crippen molar-refractivity contribution in [3.05, 3.63) is 186 Å². The van der Waals surface area contributed by atoms with Gasteiger partial charge in [-0.2, -0.15) is 4.57 Å². The van der Waals surface area contributed by atoms with Gasteiger partial charge < -0.3 is 53.4 Å². The van der Waals surface area contributed by atoms with Crippen LogP contribution in [0.3, 0.4) is 0 Å². The van der Waals surface area contributed by atoms with E-state index in [0.717, 1.165) is 91.0 Å². The van der Waals surface area contributed by atoms with E-state index >= 15 is 0 Å². The Hall–Kier alpha value is -6.00. The van der Waals surface area contributed by atoms with Crippen LogP contribution >= 0.6 is 63.7 Å². The number of aliphatic hydroxyl groups is 4. The minimum absolute atomic E-state index is 0.0999. The maximum absolute atomic E-state index is 11.4. The number of hydrogen-bond acceptors (Lipinski definition) is 15. The lowest BCUT2D eigenvalue weighted by Crippen LogP contribution is -2.43. The van der Waals surface area contributed by atoms with Gasteiger partial charge in [0.1, 0.15) is 18.5 Å². The maximum Gasteiger partial charge on any atom is 0.374 e. The fourth-order valence-corrected chi connectivity index (χ4v) is 13.0. The van der Waals surface area contributed by atoms with Crippen LogP contribution in [0.2, 0.25) is 0 Å². The number of hydrogen-bond donors (Lipinski definition) is 4. The third-order valence-corrected chi connectivity index (χ3v) is 20.2. The predicted molar refractivity (Wildman–Crippen MR) is 355 cm³/mol. The molecule has 0 bridgehead atoms. The Kier molecular flexibility index (Phi) is 22.1. The number of nitrogens with zero attached hydrogens (tertiary/aromatic N) is 6. The largest absolute Gasteiger partial charge is 0.748 e. The molecule has 6 aromatic carbocycles. The van der Waals surface area contributed by atoms with E-state index in [-0.39, 0.29) is 52.2 Å². The van der Waals surface area contributed by atoms with E-state index in [0.29, 0.717) is 42.6 Å². The van der Waals surface area contributed by atoms with Crippen molar-refractivity contribution in [3.63, 3.8) is 0 Å². The molecule has 8 aromatic rings. The average molecular weight is 1500 g/mol. The summed E-state index contributed by atoms with van der Waals surface area (Å²) in [6.07, 6.45) is 8.58. The molecule has 0 spiro atoms. The Bertz CT molecular complexity index is 4200. The molecule has 464 valence electrons. The zero-order chi connectivity index (χ0) is 63.0. The molecule has 0 saturated carbocycles. The predicted octanol–water partition coefficient (Wildman–Crippen LogP) is 11.4. The maximum atomic E-state index is 11.4. The molecule has 2 unspecified atom stereocenters. The number of anilines is 3. The quantitative estimate of drug-likeness (QED) is 0.0344. The second-order valence-corrected chi connectivity index (χ2v) is 27.3. The smallest absolute Gasteiger partial charge is 0.374 e. The van der Waals surface area contributed by atoms with Gasteiger partial charge in [-0.1, -0.05) is 79.7 Å². The summed E-state index contributed by atoms with van der Waals surface area (Å²) < 4.78 is 90.9. The normalized spacial score (nSPS) is 15.2. The van der Waals surface area contributed by atoms with Crippen molar-refractivity contribution in [2.75, 3.05) is 59.1 Å². The van der Waals surface area contributed by atoms with Gasteiger partial charge in [0.25, 0.3) is 11.3 Å². The number of benzene rings is 6. The van der Waals surface area contributed by atoms with Crippen LogP contribution in [0.25, 0.3) is 56.5 Å². The van der Waals surface area contributed by atoms with Crippen LogP contribution in [-0.2, 0) is 39.9 Å². The zero-order valence-corrected chi connectivity index (χ0v) is 56.3. The Morgan fingerprint density at radius 3 is 1.86 bits per heavy atom. The van der Waals surface area contributed by atoms with Crippen molar-refractivity contribution in [1.82, 2.24) is 4.57 Å². The van der Waals surface area contributed by atoms with Crippen molar-refractivity contribution in [3.8, 4) is 28.0 Å². The number of fused-ring (bicyclic) bond motifs is 4. The summed E-state index contributed by atoms with van der Waals surface area (Å²) in [6, 6.07) is 39.4. The minimum Gasteiger partial charge on any atom is -0.748 e. The van der Waals surface area contributed by atoms with Gasteiger partial charge in [-0.05, 0) is 161 Å². The molecule has 88 heavy (non-hydrogen) atoms. The third-order valence-electron chi connectivity index (χ3n) is 14.9. The lowest BCUT2D eigenvalue weighted by molar-refractivity contribution is -0.681. The number of aryl methyl sites for hydroxylation is 2. The summed E-state index contributed by atoms with van der Waals surface area (Å²) in [4.78, 5) is 6.04. The van der Waals surface area contributed by atoms with Crippen LogP contribution in [0, 0.1) is 0 Å². The molecule has 4 N–H and O–H groups in total. The molecular formula is C64H66Br4N6O12S2. The number of ether oxygens (including phenoxy) is 1. The van der Waals surface area contributed by atoms with Crippen LogP contribution < -0.4 is 28.6 Å². The van der Waals surface area contributed by atoms with Crippen molar-refractivity contribution >= 4 is 135 Å². The highest BCUT2D eigenvalue weighted by Gasteiger charge is 2.34. The number of halogens is 4. The zero-order valence-electron chi connectivity index (χ0n) is 48.3. The molecule has 2 aliphatic heterocycles. The van der Waals surface area contributed by atoms with Gasteiger partial charge in [0, 0.05) is 79.3 Å². The fourth-order valence-electron chi connectivity index (χ4n) is 10.7. The first-order valence-corrected chi connectivity index (χ1v) is 34.8. The number of allylic oxidation sites excluding steroid dienone is 4. The van der Waals surface area contributed by atoms with E-state index in [1.165, 1.54) is 0 Å². The molecule has 2 atom stereocenters. The highest BCUT2D eigenvalue weighted by molar-refractivity contribution is 9.13. The molecule has 18 nitrogen and oxygen atoms in total. The van der Waals surface area contributed by atoms with Crippen molar-refractivity contribution in [1.29, 1.82) is 0 Å². The molecule has 4 heterocycles. The van der Waals surface area contributed by atoms with E-state index in [4.69, 9.17) is 9.15 Å². The molecule has 0 amide bonds. The summed E-state index contributed by atoms with van der Waals surface area (Å²) in [5.41, 5.74) is 10.7. The topological polar surface area (TPSA) is 240 Å². The molecular weight excluding hydrogens is 1430 g/mol. The van der Waals surface area contributed by atoms with Gasteiger partial charge in [0.15, 0.2) is 23.3 Å². The lowest BCUT2D eigenvalue weighted by atomic mass is 10.0. The van der Waals surface area contributed by atoms with E-state index in [1.807, 2.05) is 178 Å². The first-order chi connectivity index (χ1) is 42.1. The highest BCUT2D eigenvalue weighted by Crippen LogP contribution is 2.46. The van der Waals surface area contributed by atoms with E-state index in [2.05, 4.69) is 87.0 Å². The van der Waals surface area contributed by atoms with E-state index < -0.39 is 43.9 Å². The summed E-state index contributed by atoms with van der Waals surface area (Å²) in [5.74, 6) is 2.24. The van der Waals surface area contributed by atoms with Crippen LogP contribution in [0.15, 0.2) is 179 Å². The second kappa shape index (κ2) is 29.3. The molecule has 0 saturated heterocycles.